The molecule has 36 heavy (non-hydrogen) atoms. The van der Waals surface area contributed by atoms with Gasteiger partial charge in [0.1, 0.15) is 12.0 Å². The SMILES string of the molecule is CN(C)c1cc(C#CC2(O)COC2)ccc1OCCC=O.N[C]([Pb])(c1ccccc1)c1ccccc1. The summed E-state index contributed by atoms with van der Waals surface area (Å²) in [5.74, 6) is 6.49. The number of aldehydes is 1. The van der Waals surface area contributed by atoms with Gasteiger partial charge in [0.05, 0.1) is 25.5 Å². The summed E-state index contributed by atoms with van der Waals surface area (Å²) in [4.78, 5) is 12.3. The van der Waals surface area contributed by atoms with Crippen LogP contribution in [0.25, 0.3) is 0 Å². The molecule has 0 amide bonds. The number of carbonyl (C=O) groups is 1. The molecule has 3 N–H and O–H groups in total. The molecule has 7 heteroatoms. The average Bonchev–Trinajstić information content (AvgIpc) is 2.88. The summed E-state index contributed by atoms with van der Waals surface area (Å²) in [7, 11) is 3.82. The van der Waals surface area contributed by atoms with Crippen molar-refractivity contribution >= 4 is 37.7 Å². The molecule has 6 nitrogen and oxygen atoms in total. The molecule has 0 aromatic heterocycles. The van der Waals surface area contributed by atoms with Gasteiger partial charge in [-0.3, -0.25) is 0 Å². The molecule has 0 unspecified atom stereocenters. The van der Waals surface area contributed by atoms with Crippen molar-refractivity contribution in [1.82, 2.24) is 0 Å². The molecule has 3 aromatic rings. The number of carbonyl (C=O) groups excluding carboxylic acids is 1. The number of benzene rings is 3. The number of aliphatic hydroxyl groups is 1. The van der Waals surface area contributed by atoms with Crippen LogP contribution in [0.15, 0.2) is 78.9 Å². The van der Waals surface area contributed by atoms with Crippen LogP contribution < -0.4 is 15.4 Å². The second-order valence-electron chi connectivity index (χ2n) is 8.70. The Bertz CT molecular complexity index is 1140. The summed E-state index contributed by atoms with van der Waals surface area (Å²) in [6.07, 6.45) is 1.19. The van der Waals surface area contributed by atoms with Crippen LogP contribution in [-0.4, -0.2) is 76.7 Å². The normalized spacial score (nSPS) is 13.7. The molecule has 1 fully saturated rings. The molecule has 3 radical (unpaired) electrons. The van der Waals surface area contributed by atoms with Crippen LogP contribution in [0.1, 0.15) is 23.1 Å². The summed E-state index contributed by atoms with van der Waals surface area (Å²) in [6.45, 7) is 0.868. The molecule has 1 saturated heterocycles. The Morgan fingerprint density at radius 1 is 1.08 bits per heavy atom. The molecule has 0 bridgehead atoms. The first-order valence-electron chi connectivity index (χ1n) is 11.6. The van der Waals surface area contributed by atoms with Gasteiger partial charge >= 0.3 is 106 Å². The van der Waals surface area contributed by atoms with Gasteiger partial charge in [0.15, 0.2) is 5.60 Å². The van der Waals surface area contributed by atoms with Crippen molar-refractivity contribution in [3.63, 3.8) is 0 Å². The van der Waals surface area contributed by atoms with Gasteiger partial charge in [0.25, 0.3) is 0 Å². The Morgan fingerprint density at radius 2 is 1.67 bits per heavy atom. The first-order chi connectivity index (χ1) is 17.2. The zero-order valence-electron chi connectivity index (χ0n) is 20.6. The fourth-order valence-electron chi connectivity index (χ4n) is 3.41. The Kier molecular flexibility index (Phi) is 10.1. The van der Waals surface area contributed by atoms with Crippen LogP contribution in [0.2, 0.25) is 0 Å². The molecule has 1 aliphatic heterocycles. The van der Waals surface area contributed by atoms with Crippen molar-refractivity contribution in [3.05, 3.63) is 95.6 Å². The summed E-state index contributed by atoms with van der Waals surface area (Å²) in [6, 6.07) is 26.1. The molecule has 0 atom stereocenters. The van der Waals surface area contributed by atoms with Crippen molar-refractivity contribution in [1.29, 1.82) is 0 Å². The predicted octanol–water partition coefficient (Wildman–Crippen LogP) is 2.85. The average molecular weight is 679 g/mol. The number of nitrogens with zero attached hydrogens (tertiary/aromatic N) is 1. The van der Waals surface area contributed by atoms with Crippen LogP contribution in [0.4, 0.5) is 5.69 Å². The standard InChI is InChI=1S/C16H19NO4.C13H12N.Pb/c1-17(2)14-10-13(6-7-16(19)11-20-12-16)4-5-15(14)21-9-3-8-18;14-13(11-7-3-1-4-8-11)12-9-5-2-6-10-12;/h4-5,8,10,19H,3,9,11-12H2,1-2H3;1-10H,14H2;. The van der Waals surface area contributed by atoms with Crippen LogP contribution in [-0.2, 0) is 12.6 Å². The monoisotopic (exact) mass is 679 g/mol. The van der Waals surface area contributed by atoms with Gasteiger partial charge in [-0.1, -0.05) is 11.8 Å². The fraction of sp³-hybridized carbons (Fsp3) is 0.276. The third-order valence-corrected chi connectivity index (χ3v) is 7.76. The molecule has 0 aliphatic carbocycles. The van der Waals surface area contributed by atoms with Gasteiger partial charge in [0.2, 0.25) is 0 Å². The van der Waals surface area contributed by atoms with Crippen molar-refractivity contribution in [2.45, 2.75) is 15.1 Å². The number of ether oxygens (including phenoxy) is 2. The van der Waals surface area contributed by atoms with Crippen LogP contribution in [0, 0.1) is 11.8 Å². The molecule has 0 spiro atoms. The maximum atomic E-state index is 10.3. The van der Waals surface area contributed by atoms with E-state index in [0.29, 0.717) is 18.8 Å². The van der Waals surface area contributed by atoms with Crippen LogP contribution in [0.3, 0.4) is 0 Å². The minimum absolute atomic E-state index is 0.257. The van der Waals surface area contributed by atoms with Crippen molar-refractivity contribution in [2.24, 2.45) is 5.73 Å². The Morgan fingerprint density at radius 3 is 2.14 bits per heavy atom. The number of hydrogen-bond acceptors (Lipinski definition) is 6. The van der Waals surface area contributed by atoms with E-state index in [1.165, 1.54) is 11.1 Å². The quantitative estimate of drug-likeness (QED) is 0.173. The number of hydrogen-bond donors (Lipinski definition) is 2. The van der Waals surface area contributed by atoms with E-state index in [4.69, 9.17) is 15.2 Å². The Balaban J connectivity index is 0.000000212. The third-order valence-electron chi connectivity index (χ3n) is 5.51. The Labute approximate surface area is 229 Å². The first-order valence-corrected chi connectivity index (χ1v) is 13.6. The number of nitrogens with two attached hydrogens (primary N) is 1. The third kappa shape index (κ3) is 7.64. The van der Waals surface area contributed by atoms with Gasteiger partial charge in [-0.05, 0) is 18.2 Å². The molecule has 1 heterocycles. The summed E-state index contributed by atoms with van der Waals surface area (Å²) in [5, 5.41) is 9.88. The van der Waals surface area contributed by atoms with E-state index in [9.17, 15) is 9.90 Å². The molecule has 0 saturated carbocycles. The fourth-order valence-corrected chi connectivity index (χ4v) is 4.70. The molecule has 4 rings (SSSR count). The van der Waals surface area contributed by atoms with E-state index in [-0.39, 0.29) is 16.3 Å². The Hall–Kier alpha value is -2.71. The van der Waals surface area contributed by atoms with Crippen molar-refractivity contribution in [2.75, 3.05) is 38.8 Å². The maximum absolute atomic E-state index is 10.3. The molecular formula is C29H31N2O4Pb. The summed E-state index contributed by atoms with van der Waals surface area (Å²) in [5.41, 5.74) is 9.47. The van der Waals surface area contributed by atoms with E-state index in [1.807, 2.05) is 73.6 Å². The van der Waals surface area contributed by atoms with Crippen molar-refractivity contribution < 1.29 is 19.4 Å². The van der Waals surface area contributed by atoms with E-state index < -0.39 is 5.60 Å². The first kappa shape index (κ1) is 27.9. The number of rotatable bonds is 7. The topological polar surface area (TPSA) is 85.0 Å². The molecular weight excluding hydrogens is 648 g/mol. The number of anilines is 1. The molecule has 3 aromatic carbocycles. The zero-order chi connectivity index (χ0) is 26.0. The van der Waals surface area contributed by atoms with Gasteiger partial charge in [-0.2, -0.15) is 0 Å². The second-order valence-corrected chi connectivity index (χ2v) is 11.8. The van der Waals surface area contributed by atoms with Crippen LogP contribution >= 0.6 is 0 Å². The molecule has 1 aliphatic rings. The van der Waals surface area contributed by atoms with Gasteiger partial charge in [-0.15, -0.1) is 0 Å². The molecule has 185 valence electrons. The van der Waals surface area contributed by atoms with Crippen LogP contribution in [0.5, 0.6) is 5.75 Å². The van der Waals surface area contributed by atoms with Gasteiger partial charge in [-0.25, -0.2) is 0 Å². The predicted molar refractivity (Wildman–Crippen MR) is 143 cm³/mol. The van der Waals surface area contributed by atoms with E-state index >= 15 is 0 Å². The van der Waals surface area contributed by atoms with Gasteiger partial charge < -0.3 is 24.3 Å². The zero-order valence-corrected chi connectivity index (χ0v) is 24.5. The van der Waals surface area contributed by atoms with E-state index in [0.717, 1.165) is 43.3 Å². The summed E-state index contributed by atoms with van der Waals surface area (Å²) < 4.78 is 10.3. The minimum atomic E-state index is -1.02. The van der Waals surface area contributed by atoms with Gasteiger partial charge in [0, 0.05) is 26.1 Å². The van der Waals surface area contributed by atoms with E-state index in [2.05, 4.69) is 36.1 Å². The second kappa shape index (κ2) is 13.0. The van der Waals surface area contributed by atoms with Crippen molar-refractivity contribution in [3.8, 4) is 17.6 Å². The summed E-state index contributed by atoms with van der Waals surface area (Å²) >= 11 is 0.901. The van der Waals surface area contributed by atoms with E-state index in [1.54, 1.807) is 0 Å².